The van der Waals surface area contributed by atoms with E-state index in [-0.39, 0.29) is 37.5 Å². The quantitative estimate of drug-likeness (QED) is 0.0263. The number of ether oxygens (including phenoxy) is 3. The minimum absolute atomic E-state index is 0.0856. The third-order valence-corrected chi connectivity index (χ3v) is 10.9. The summed E-state index contributed by atoms with van der Waals surface area (Å²) in [6, 6.07) is 0. The molecule has 0 bridgehead atoms. The number of unbranched alkanes of at least 4 members (excludes halogenated alkanes) is 29. The average molecular weight is 827 g/mol. The molecule has 6 heteroatoms. The van der Waals surface area contributed by atoms with Crippen LogP contribution in [-0.2, 0) is 28.6 Å². The lowest BCUT2D eigenvalue weighted by Gasteiger charge is -2.18. The van der Waals surface area contributed by atoms with Crippen LogP contribution in [0.2, 0.25) is 0 Å². The van der Waals surface area contributed by atoms with Crippen molar-refractivity contribution >= 4 is 17.9 Å². The largest absolute Gasteiger partial charge is 0.462 e. The Morgan fingerprint density at radius 3 is 1.03 bits per heavy atom. The summed E-state index contributed by atoms with van der Waals surface area (Å²) in [5, 5.41) is 0. The standard InChI is InChI=1S/C53H94O6/c1-4-7-10-13-16-19-22-25-26-29-31-34-37-40-43-46-52(55)58-49-50(59-53(56)47-44-41-38-35-32-28-24-21-18-15-12-9-6-3)48-57-51(54)45-42-39-36-33-30-27-23-20-17-14-11-8-5-2/h9,12,15,18,21,24,28,32,50H,4-8,10-11,13-14,16-17,19-20,22-23,25-27,29-31,33-49H2,1-3H3/b12-9+,18-15+,24-21+,32-28+. The zero-order valence-electron chi connectivity index (χ0n) is 39.0. The molecule has 0 heterocycles. The van der Waals surface area contributed by atoms with Crippen LogP contribution >= 0.6 is 0 Å². The lowest BCUT2D eigenvalue weighted by molar-refractivity contribution is -0.167. The fourth-order valence-corrected chi connectivity index (χ4v) is 7.16. The van der Waals surface area contributed by atoms with Gasteiger partial charge in [-0.2, -0.15) is 0 Å². The van der Waals surface area contributed by atoms with Crippen molar-refractivity contribution in [1.82, 2.24) is 0 Å². The minimum atomic E-state index is -0.788. The Morgan fingerprint density at radius 2 is 0.661 bits per heavy atom. The number of esters is 3. The van der Waals surface area contributed by atoms with Crippen LogP contribution in [0.25, 0.3) is 0 Å². The number of carbonyl (C=O) groups is 3. The van der Waals surface area contributed by atoms with Crippen molar-refractivity contribution in [2.75, 3.05) is 13.2 Å². The first-order valence-electron chi connectivity index (χ1n) is 25.2. The molecule has 0 aliphatic carbocycles. The molecule has 6 nitrogen and oxygen atoms in total. The summed E-state index contributed by atoms with van der Waals surface area (Å²) in [6.07, 6.45) is 56.6. The maximum absolute atomic E-state index is 12.7. The Hall–Kier alpha value is -2.63. The molecule has 0 spiro atoms. The summed E-state index contributed by atoms with van der Waals surface area (Å²) in [5.74, 6) is -0.916. The monoisotopic (exact) mass is 827 g/mol. The van der Waals surface area contributed by atoms with E-state index in [1.807, 2.05) is 36.5 Å². The number of carbonyl (C=O) groups excluding carboxylic acids is 3. The van der Waals surface area contributed by atoms with Crippen LogP contribution in [0.15, 0.2) is 48.6 Å². The molecule has 0 fully saturated rings. The predicted octanol–water partition coefficient (Wildman–Crippen LogP) is 16.3. The van der Waals surface area contributed by atoms with Gasteiger partial charge in [0.25, 0.3) is 0 Å². The van der Waals surface area contributed by atoms with Crippen molar-refractivity contribution < 1.29 is 28.6 Å². The van der Waals surface area contributed by atoms with Crippen LogP contribution in [0.3, 0.4) is 0 Å². The highest BCUT2D eigenvalue weighted by Crippen LogP contribution is 2.16. The zero-order chi connectivity index (χ0) is 43.0. The van der Waals surface area contributed by atoms with Crippen molar-refractivity contribution in [3.63, 3.8) is 0 Å². The molecule has 0 N–H and O–H groups in total. The highest BCUT2D eigenvalue weighted by molar-refractivity contribution is 5.71. The van der Waals surface area contributed by atoms with Crippen LogP contribution in [-0.4, -0.2) is 37.2 Å². The lowest BCUT2D eigenvalue weighted by atomic mass is 10.0. The van der Waals surface area contributed by atoms with Gasteiger partial charge in [0.2, 0.25) is 0 Å². The first-order valence-corrected chi connectivity index (χ1v) is 25.2. The summed E-state index contributed by atoms with van der Waals surface area (Å²) in [5.41, 5.74) is 0. The molecule has 0 aliphatic heterocycles. The molecule has 59 heavy (non-hydrogen) atoms. The van der Waals surface area contributed by atoms with E-state index < -0.39 is 6.10 Å². The second kappa shape index (κ2) is 48.0. The Labute approximate surface area is 365 Å². The van der Waals surface area contributed by atoms with Gasteiger partial charge in [0.05, 0.1) is 0 Å². The summed E-state index contributed by atoms with van der Waals surface area (Å²) >= 11 is 0. The molecule has 342 valence electrons. The summed E-state index contributed by atoms with van der Waals surface area (Å²) in [4.78, 5) is 37.9. The third kappa shape index (κ3) is 46.3. The molecule has 0 amide bonds. The Balaban J connectivity index is 4.40. The van der Waals surface area contributed by atoms with Gasteiger partial charge in [-0.1, -0.05) is 243 Å². The number of rotatable bonds is 45. The number of hydrogen-bond acceptors (Lipinski definition) is 6. The molecular formula is C53H94O6. The maximum atomic E-state index is 12.7. The Bertz CT molecular complexity index is 1040. The average Bonchev–Trinajstić information content (AvgIpc) is 3.23. The second-order valence-corrected chi connectivity index (χ2v) is 16.8. The van der Waals surface area contributed by atoms with Crippen LogP contribution in [0.1, 0.15) is 252 Å². The first-order chi connectivity index (χ1) is 29.0. The van der Waals surface area contributed by atoms with Crippen molar-refractivity contribution in [2.45, 2.75) is 258 Å². The fourth-order valence-electron chi connectivity index (χ4n) is 7.16. The van der Waals surface area contributed by atoms with Crippen LogP contribution in [0, 0.1) is 0 Å². The van der Waals surface area contributed by atoms with E-state index in [2.05, 4.69) is 32.9 Å². The summed E-state index contributed by atoms with van der Waals surface area (Å²) in [7, 11) is 0. The summed E-state index contributed by atoms with van der Waals surface area (Å²) in [6.45, 7) is 6.48. The normalized spacial score (nSPS) is 12.4. The van der Waals surface area contributed by atoms with Crippen LogP contribution in [0.4, 0.5) is 0 Å². The molecule has 0 radical (unpaired) electrons. The predicted molar refractivity (Wildman–Crippen MR) is 252 cm³/mol. The van der Waals surface area contributed by atoms with Gasteiger partial charge in [0.15, 0.2) is 6.10 Å². The van der Waals surface area contributed by atoms with Crippen molar-refractivity contribution in [1.29, 1.82) is 0 Å². The zero-order valence-corrected chi connectivity index (χ0v) is 39.0. The van der Waals surface area contributed by atoms with Gasteiger partial charge in [-0.15, -0.1) is 0 Å². The van der Waals surface area contributed by atoms with E-state index in [0.29, 0.717) is 12.8 Å². The van der Waals surface area contributed by atoms with Gasteiger partial charge in [0, 0.05) is 19.3 Å². The Morgan fingerprint density at radius 1 is 0.356 bits per heavy atom. The van der Waals surface area contributed by atoms with Gasteiger partial charge in [-0.3, -0.25) is 14.4 Å². The maximum Gasteiger partial charge on any atom is 0.306 e. The Kier molecular flexibility index (Phi) is 45.9. The molecular weight excluding hydrogens is 733 g/mol. The molecule has 0 saturated heterocycles. The molecule has 0 rings (SSSR count). The SMILES string of the molecule is CC/C=C/C=C/C=C/C=C/CCCCCC(=O)OC(COC(=O)CCCCCCCCCCCCCCC)COC(=O)CCCCCCCCCCCCCCCCC. The molecule has 0 aliphatic rings. The van der Waals surface area contributed by atoms with Crippen molar-refractivity contribution in [3.8, 4) is 0 Å². The molecule has 0 saturated carbocycles. The van der Waals surface area contributed by atoms with Crippen LogP contribution in [0.5, 0.6) is 0 Å². The van der Waals surface area contributed by atoms with Gasteiger partial charge in [-0.25, -0.2) is 0 Å². The van der Waals surface area contributed by atoms with E-state index >= 15 is 0 Å². The number of hydrogen-bond donors (Lipinski definition) is 0. The first kappa shape index (κ1) is 56.4. The molecule has 0 aromatic heterocycles. The lowest BCUT2D eigenvalue weighted by Crippen LogP contribution is -2.30. The van der Waals surface area contributed by atoms with E-state index in [9.17, 15) is 14.4 Å². The molecule has 1 unspecified atom stereocenters. The number of allylic oxidation sites excluding steroid dienone is 8. The molecule has 0 aromatic rings. The molecule has 1 atom stereocenters. The molecule has 0 aromatic carbocycles. The highest BCUT2D eigenvalue weighted by Gasteiger charge is 2.19. The van der Waals surface area contributed by atoms with Gasteiger partial charge >= 0.3 is 17.9 Å². The van der Waals surface area contributed by atoms with E-state index in [0.717, 1.165) is 70.6 Å². The van der Waals surface area contributed by atoms with E-state index in [4.69, 9.17) is 14.2 Å². The fraction of sp³-hybridized carbons (Fsp3) is 0.792. The van der Waals surface area contributed by atoms with Crippen LogP contribution < -0.4 is 0 Å². The third-order valence-electron chi connectivity index (χ3n) is 10.9. The van der Waals surface area contributed by atoms with Gasteiger partial charge in [0.1, 0.15) is 13.2 Å². The highest BCUT2D eigenvalue weighted by atomic mass is 16.6. The topological polar surface area (TPSA) is 78.9 Å². The summed E-state index contributed by atoms with van der Waals surface area (Å²) < 4.78 is 16.7. The minimum Gasteiger partial charge on any atom is -0.462 e. The van der Waals surface area contributed by atoms with Gasteiger partial charge in [-0.05, 0) is 38.5 Å². The smallest absolute Gasteiger partial charge is 0.306 e. The van der Waals surface area contributed by atoms with Gasteiger partial charge < -0.3 is 14.2 Å². The van der Waals surface area contributed by atoms with Crippen molar-refractivity contribution in [3.05, 3.63) is 48.6 Å². The van der Waals surface area contributed by atoms with E-state index in [1.165, 1.54) is 141 Å². The second-order valence-electron chi connectivity index (χ2n) is 16.8. The van der Waals surface area contributed by atoms with Crippen molar-refractivity contribution in [2.24, 2.45) is 0 Å². The van der Waals surface area contributed by atoms with E-state index in [1.54, 1.807) is 0 Å².